The standard InChI is InChI=1S/C39H65N5O8/c1-13-25(6)35(43(9)39(49)34(24(4)5)42-38(48)33(40-8)23(2)3)31(51-11)20-32(46)44-22-28(50-10)19-29(44)36(52-12)26(7)37(47)41-21-30(45)27-17-15-14-16-18-27/h14-18,23-26,28-29,31,33-36,40H,13,19-22H2,1-12H3,(H,41,47)(H,42,48)/t25-,26+,28+,29-,31+,33-,34-,35-,36+/m0/s1. The van der Waals surface area contributed by atoms with Crippen LogP contribution < -0.4 is 16.0 Å². The molecule has 1 fully saturated rings. The summed E-state index contributed by atoms with van der Waals surface area (Å²) in [5.41, 5.74) is 0.503. The molecule has 1 aliphatic heterocycles. The van der Waals surface area contributed by atoms with E-state index in [1.165, 1.54) is 14.2 Å². The van der Waals surface area contributed by atoms with Crippen LogP contribution >= 0.6 is 0 Å². The third-order valence-corrected chi connectivity index (χ3v) is 10.6. The van der Waals surface area contributed by atoms with Crippen molar-refractivity contribution in [2.75, 3.05) is 48.5 Å². The summed E-state index contributed by atoms with van der Waals surface area (Å²) in [6.07, 6.45) is -0.506. The lowest BCUT2D eigenvalue weighted by Crippen LogP contribution is -2.59. The Bertz CT molecular complexity index is 1310. The zero-order valence-electron chi connectivity index (χ0n) is 33.4. The first-order chi connectivity index (χ1) is 24.6. The number of carbonyl (C=O) groups excluding carboxylic acids is 5. The van der Waals surface area contributed by atoms with E-state index in [0.717, 1.165) is 0 Å². The molecule has 13 heteroatoms. The number of hydrogen-bond acceptors (Lipinski definition) is 9. The van der Waals surface area contributed by atoms with E-state index < -0.39 is 42.3 Å². The van der Waals surface area contributed by atoms with Crippen molar-refractivity contribution < 1.29 is 38.2 Å². The van der Waals surface area contributed by atoms with Gasteiger partial charge in [-0.2, -0.15) is 0 Å². The maximum Gasteiger partial charge on any atom is 0.245 e. The molecule has 1 aromatic rings. The van der Waals surface area contributed by atoms with Crippen LogP contribution in [0.1, 0.15) is 78.1 Å². The van der Waals surface area contributed by atoms with Crippen LogP contribution in [-0.2, 0) is 33.4 Å². The molecule has 9 atom stereocenters. The van der Waals surface area contributed by atoms with Crippen LogP contribution in [0.2, 0.25) is 0 Å². The van der Waals surface area contributed by atoms with Gasteiger partial charge in [-0.3, -0.25) is 24.0 Å². The van der Waals surface area contributed by atoms with Gasteiger partial charge in [0.1, 0.15) is 6.04 Å². The van der Waals surface area contributed by atoms with E-state index in [2.05, 4.69) is 16.0 Å². The summed E-state index contributed by atoms with van der Waals surface area (Å²) in [7, 11) is 8.06. The second kappa shape index (κ2) is 21.3. The second-order valence-electron chi connectivity index (χ2n) is 14.7. The van der Waals surface area contributed by atoms with Crippen molar-refractivity contribution in [3.8, 4) is 0 Å². The lowest BCUT2D eigenvalue weighted by molar-refractivity contribution is -0.147. The number of benzene rings is 1. The van der Waals surface area contributed by atoms with Crippen LogP contribution in [-0.4, -0.2) is 130 Å². The van der Waals surface area contributed by atoms with Gasteiger partial charge in [-0.25, -0.2) is 0 Å². The topological polar surface area (TPSA) is 156 Å². The molecule has 1 aromatic carbocycles. The average molecular weight is 732 g/mol. The highest BCUT2D eigenvalue weighted by Gasteiger charge is 2.45. The van der Waals surface area contributed by atoms with Gasteiger partial charge in [0.05, 0.1) is 55.3 Å². The normalized spacial score (nSPS) is 20.1. The van der Waals surface area contributed by atoms with Crippen molar-refractivity contribution in [2.45, 2.75) is 110 Å². The maximum absolute atomic E-state index is 14.3. The lowest BCUT2D eigenvalue weighted by Gasteiger charge is -2.41. The van der Waals surface area contributed by atoms with E-state index in [1.807, 2.05) is 47.6 Å². The fourth-order valence-corrected chi connectivity index (χ4v) is 7.26. The van der Waals surface area contributed by atoms with Gasteiger partial charge in [-0.1, -0.05) is 85.2 Å². The Kier molecular flexibility index (Phi) is 18.4. The SMILES string of the molecule is CC[C@H](C)[C@@H]([C@@H](CC(=O)N1C[C@H](OC)C[C@H]1[C@H](OC)[C@@H](C)C(=O)NCC(=O)c1ccccc1)OC)N(C)C(=O)[C@@H](NC(=O)[C@@H](NC)C(C)C)C(C)C. The number of rotatable bonds is 21. The predicted octanol–water partition coefficient (Wildman–Crippen LogP) is 2.92. The summed E-state index contributed by atoms with van der Waals surface area (Å²) in [6.45, 7) is 13.6. The van der Waals surface area contributed by atoms with Gasteiger partial charge < -0.3 is 40.0 Å². The highest BCUT2D eigenvalue weighted by atomic mass is 16.5. The number of likely N-dealkylation sites (tertiary alicyclic amines) is 1. The van der Waals surface area contributed by atoms with Gasteiger partial charge in [0.2, 0.25) is 23.6 Å². The van der Waals surface area contributed by atoms with E-state index in [0.29, 0.717) is 24.9 Å². The Labute approximate surface area is 311 Å². The van der Waals surface area contributed by atoms with E-state index in [4.69, 9.17) is 14.2 Å². The summed E-state index contributed by atoms with van der Waals surface area (Å²) in [5, 5.41) is 8.75. The Morgan fingerprint density at radius 2 is 1.52 bits per heavy atom. The minimum absolute atomic E-state index is 0.0217. The zero-order valence-corrected chi connectivity index (χ0v) is 33.4. The fraction of sp³-hybridized carbons (Fsp3) is 0.718. The van der Waals surface area contributed by atoms with Crippen LogP contribution in [0.25, 0.3) is 0 Å². The minimum atomic E-state index is -0.782. The number of amides is 4. The van der Waals surface area contributed by atoms with Crippen molar-refractivity contribution in [3.05, 3.63) is 35.9 Å². The molecule has 13 nitrogen and oxygen atoms in total. The number of ether oxygens (including phenoxy) is 3. The third-order valence-electron chi connectivity index (χ3n) is 10.6. The van der Waals surface area contributed by atoms with Crippen molar-refractivity contribution in [1.82, 2.24) is 25.8 Å². The van der Waals surface area contributed by atoms with Crippen LogP contribution in [0.5, 0.6) is 0 Å². The molecule has 0 bridgehead atoms. The van der Waals surface area contributed by atoms with Gasteiger partial charge >= 0.3 is 0 Å². The van der Waals surface area contributed by atoms with Crippen molar-refractivity contribution in [2.24, 2.45) is 23.7 Å². The number of hydrogen-bond donors (Lipinski definition) is 3. The zero-order chi connectivity index (χ0) is 39.3. The van der Waals surface area contributed by atoms with Gasteiger partial charge in [-0.15, -0.1) is 0 Å². The Balaban J connectivity index is 2.30. The first kappa shape index (κ1) is 44.8. The van der Waals surface area contributed by atoms with E-state index in [1.54, 1.807) is 62.2 Å². The monoisotopic (exact) mass is 731 g/mol. The number of methoxy groups -OCH3 is 3. The first-order valence-corrected chi connectivity index (χ1v) is 18.6. The molecular formula is C39H65N5O8. The molecule has 1 saturated heterocycles. The molecule has 0 aliphatic carbocycles. The fourth-order valence-electron chi connectivity index (χ4n) is 7.26. The molecule has 0 aromatic heterocycles. The van der Waals surface area contributed by atoms with E-state index >= 15 is 0 Å². The van der Waals surface area contributed by atoms with Crippen LogP contribution in [0, 0.1) is 23.7 Å². The van der Waals surface area contributed by atoms with Gasteiger partial charge in [0.15, 0.2) is 5.78 Å². The Morgan fingerprint density at radius 1 is 0.904 bits per heavy atom. The highest BCUT2D eigenvalue weighted by molar-refractivity contribution is 5.99. The summed E-state index contributed by atoms with van der Waals surface area (Å²) >= 11 is 0. The highest BCUT2D eigenvalue weighted by Crippen LogP contribution is 2.31. The quantitative estimate of drug-likeness (QED) is 0.162. The number of carbonyl (C=O) groups is 5. The molecule has 4 amide bonds. The average Bonchev–Trinajstić information content (AvgIpc) is 3.56. The number of nitrogens with zero attached hydrogens (tertiary/aromatic N) is 2. The van der Waals surface area contributed by atoms with Crippen LogP contribution in [0.3, 0.4) is 0 Å². The number of nitrogens with one attached hydrogen (secondary N) is 3. The van der Waals surface area contributed by atoms with Gasteiger partial charge in [-0.05, 0) is 31.2 Å². The van der Waals surface area contributed by atoms with E-state index in [9.17, 15) is 24.0 Å². The molecule has 52 heavy (non-hydrogen) atoms. The molecule has 294 valence electrons. The lowest BCUT2D eigenvalue weighted by atomic mass is 9.89. The molecule has 0 spiro atoms. The molecule has 0 saturated carbocycles. The Hall–Kier alpha value is -3.39. The number of likely N-dealkylation sites (N-methyl/N-ethyl adjacent to an activating group) is 2. The molecule has 1 aliphatic rings. The molecule has 0 radical (unpaired) electrons. The minimum Gasteiger partial charge on any atom is -0.380 e. The van der Waals surface area contributed by atoms with Gasteiger partial charge in [0, 0.05) is 40.5 Å². The molecular weight excluding hydrogens is 666 g/mol. The maximum atomic E-state index is 14.3. The second-order valence-corrected chi connectivity index (χ2v) is 14.7. The largest absolute Gasteiger partial charge is 0.380 e. The number of Topliss-reactive ketones (excluding diaryl/α,β-unsaturated/α-hetero) is 1. The summed E-state index contributed by atoms with van der Waals surface area (Å²) in [4.78, 5) is 70.9. The van der Waals surface area contributed by atoms with Crippen LogP contribution in [0.4, 0.5) is 0 Å². The smallest absolute Gasteiger partial charge is 0.245 e. The van der Waals surface area contributed by atoms with Crippen molar-refractivity contribution in [1.29, 1.82) is 0 Å². The van der Waals surface area contributed by atoms with Crippen molar-refractivity contribution >= 4 is 29.4 Å². The predicted molar refractivity (Wildman–Crippen MR) is 201 cm³/mol. The number of ketones is 1. The molecule has 3 N–H and O–H groups in total. The molecule has 1 heterocycles. The molecule has 0 unspecified atom stereocenters. The van der Waals surface area contributed by atoms with Crippen molar-refractivity contribution in [3.63, 3.8) is 0 Å². The summed E-state index contributed by atoms with van der Waals surface area (Å²) < 4.78 is 17.6. The molecule has 2 rings (SSSR count). The summed E-state index contributed by atoms with van der Waals surface area (Å²) in [5.74, 6) is -2.22. The van der Waals surface area contributed by atoms with Crippen LogP contribution in [0.15, 0.2) is 30.3 Å². The van der Waals surface area contributed by atoms with Gasteiger partial charge in [0.25, 0.3) is 0 Å². The summed E-state index contributed by atoms with van der Waals surface area (Å²) in [6, 6.07) is 6.52. The first-order valence-electron chi connectivity index (χ1n) is 18.6. The third kappa shape index (κ3) is 11.6. The van der Waals surface area contributed by atoms with E-state index in [-0.39, 0.29) is 66.2 Å². The Morgan fingerprint density at radius 3 is 2.02 bits per heavy atom.